The zero-order chi connectivity index (χ0) is 22.7. The monoisotopic (exact) mass is 488 g/mol. The Morgan fingerprint density at radius 1 is 0.969 bits per heavy atom. The zero-order valence-corrected chi connectivity index (χ0v) is 19.3. The summed E-state index contributed by atoms with van der Waals surface area (Å²) >= 11 is 17.5. The molecule has 0 unspecified atom stereocenters. The van der Waals surface area contributed by atoms with Crippen molar-refractivity contribution in [2.45, 2.75) is 20.0 Å². The van der Waals surface area contributed by atoms with E-state index in [4.69, 9.17) is 35.4 Å². The molecule has 0 fully saturated rings. The standard InChI is InChI=1S/C22H19Cl2FN6S/c1-14-10-21(29-31(14)12-15-6-7-17(23)18(24)11-15)27-22(32)26-20-8-9-30(28-20)13-16-4-2-3-5-19(16)25/h2-11H,12-13H2,1H3,(H2,26,27,28,29,32). The number of nitrogens with zero attached hydrogens (tertiary/aromatic N) is 4. The lowest BCUT2D eigenvalue weighted by Gasteiger charge is -2.07. The first kappa shape index (κ1) is 22.3. The van der Waals surface area contributed by atoms with Crippen molar-refractivity contribution in [3.8, 4) is 0 Å². The average molecular weight is 489 g/mol. The van der Waals surface area contributed by atoms with Gasteiger partial charge >= 0.3 is 0 Å². The Kier molecular flexibility index (Phi) is 6.74. The molecule has 4 rings (SSSR count). The van der Waals surface area contributed by atoms with E-state index < -0.39 is 0 Å². The fraction of sp³-hybridized carbons (Fsp3) is 0.136. The van der Waals surface area contributed by atoms with Crippen LogP contribution in [0.3, 0.4) is 0 Å². The molecule has 0 aliphatic heterocycles. The molecule has 0 bridgehead atoms. The first-order valence-electron chi connectivity index (χ1n) is 9.70. The zero-order valence-electron chi connectivity index (χ0n) is 17.0. The first-order valence-corrected chi connectivity index (χ1v) is 10.9. The highest BCUT2D eigenvalue weighted by Gasteiger charge is 2.09. The predicted molar refractivity (Wildman–Crippen MR) is 130 cm³/mol. The summed E-state index contributed by atoms with van der Waals surface area (Å²) in [6, 6.07) is 15.8. The molecular weight excluding hydrogens is 470 g/mol. The summed E-state index contributed by atoms with van der Waals surface area (Å²) in [6.45, 7) is 2.83. The SMILES string of the molecule is Cc1cc(NC(=S)Nc2ccn(Cc3ccccc3F)n2)nn1Cc1ccc(Cl)c(Cl)c1. The summed E-state index contributed by atoms with van der Waals surface area (Å²) in [5.41, 5.74) is 2.50. The summed E-state index contributed by atoms with van der Waals surface area (Å²) < 4.78 is 17.3. The van der Waals surface area contributed by atoms with Crippen molar-refractivity contribution in [2.75, 3.05) is 10.6 Å². The van der Waals surface area contributed by atoms with E-state index in [9.17, 15) is 4.39 Å². The summed E-state index contributed by atoms with van der Waals surface area (Å²) in [5, 5.41) is 16.4. The van der Waals surface area contributed by atoms with E-state index in [-0.39, 0.29) is 5.82 Å². The summed E-state index contributed by atoms with van der Waals surface area (Å²) in [7, 11) is 0. The average Bonchev–Trinajstić information content (AvgIpc) is 3.32. The molecule has 2 N–H and O–H groups in total. The molecule has 0 aliphatic rings. The van der Waals surface area contributed by atoms with Gasteiger partial charge in [-0.2, -0.15) is 10.2 Å². The Bertz CT molecular complexity index is 1270. The number of aromatic nitrogens is 4. The van der Waals surface area contributed by atoms with Gasteiger partial charge in [0.1, 0.15) is 5.82 Å². The molecule has 0 atom stereocenters. The lowest BCUT2D eigenvalue weighted by atomic mass is 10.2. The van der Waals surface area contributed by atoms with Crippen molar-refractivity contribution in [3.63, 3.8) is 0 Å². The van der Waals surface area contributed by atoms with E-state index in [1.54, 1.807) is 41.2 Å². The Hall–Kier alpha value is -2.94. The minimum Gasteiger partial charge on any atom is -0.316 e. The van der Waals surface area contributed by atoms with Crippen LogP contribution in [0.15, 0.2) is 60.8 Å². The molecule has 2 heterocycles. The number of halogens is 3. The van der Waals surface area contributed by atoms with Gasteiger partial charge in [-0.05, 0) is 42.9 Å². The lowest BCUT2D eigenvalue weighted by Crippen LogP contribution is -2.20. The molecule has 0 radical (unpaired) electrons. The quantitative estimate of drug-likeness (QED) is 0.339. The highest BCUT2D eigenvalue weighted by atomic mass is 35.5. The molecule has 4 aromatic rings. The van der Waals surface area contributed by atoms with Gasteiger partial charge in [0.2, 0.25) is 0 Å². The number of hydrogen-bond donors (Lipinski definition) is 2. The topological polar surface area (TPSA) is 59.7 Å². The van der Waals surface area contributed by atoms with Gasteiger partial charge < -0.3 is 10.6 Å². The smallest absolute Gasteiger partial charge is 0.177 e. The van der Waals surface area contributed by atoms with Crippen LogP contribution in [0.4, 0.5) is 16.0 Å². The molecule has 0 spiro atoms. The van der Waals surface area contributed by atoms with Gasteiger partial charge in [0, 0.05) is 29.6 Å². The van der Waals surface area contributed by atoms with Crippen molar-refractivity contribution < 1.29 is 4.39 Å². The van der Waals surface area contributed by atoms with Crippen molar-refractivity contribution in [2.24, 2.45) is 0 Å². The van der Waals surface area contributed by atoms with Crippen LogP contribution in [0.2, 0.25) is 10.0 Å². The maximum Gasteiger partial charge on any atom is 0.177 e. The highest BCUT2D eigenvalue weighted by Crippen LogP contribution is 2.23. The van der Waals surface area contributed by atoms with Crippen molar-refractivity contribution in [1.29, 1.82) is 0 Å². The molecule has 0 amide bonds. The maximum absolute atomic E-state index is 13.8. The van der Waals surface area contributed by atoms with Crippen LogP contribution in [-0.2, 0) is 13.1 Å². The summed E-state index contributed by atoms with van der Waals surface area (Å²) in [4.78, 5) is 0. The minimum atomic E-state index is -0.262. The number of nitrogens with one attached hydrogen (secondary N) is 2. The molecule has 2 aromatic heterocycles. The van der Waals surface area contributed by atoms with Gasteiger partial charge in [0.05, 0.1) is 23.1 Å². The Labute approximate surface area is 200 Å². The van der Waals surface area contributed by atoms with Crippen LogP contribution in [-0.4, -0.2) is 24.7 Å². The van der Waals surface area contributed by atoms with Crippen molar-refractivity contribution in [1.82, 2.24) is 19.6 Å². The minimum absolute atomic E-state index is 0.262. The van der Waals surface area contributed by atoms with Gasteiger partial charge in [-0.1, -0.05) is 47.5 Å². The molecular formula is C22H19Cl2FN6S. The molecule has 164 valence electrons. The van der Waals surface area contributed by atoms with Crippen LogP contribution in [0.1, 0.15) is 16.8 Å². The third-order valence-corrected chi connectivity index (χ3v) is 5.65. The van der Waals surface area contributed by atoms with Crippen molar-refractivity contribution >= 4 is 52.2 Å². The molecule has 0 saturated heterocycles. The second-order valence-corrected chi connectivity index (χ2v) is 8.37. The van der Waals surface area contributed by atoms with E-state index in [2.05, 4.69) is 20.8 Å². The van der Waals surface area contributed by atoms with E-state index in [1.165, 1.54) is 6.07 Å². The van der Waals surface area contributed by atoms with E-state index in [0.29, 0.717) is 45.4 Å². The number of hydrogen-bond acceptors (Lipinski definition) is 3. The first-order chi connectivity index (χ1) is 15.4. The van der Waals surface area contributed by atoms with Gasteiger partial charge in [-0.15, -0.1) is 0 Å². The van der Waals surface area contributed by atoms with Crippen LogP contribution < -0.4 is 10.6 Å². The Balaban J connectivity index is 1.36. The number of aryl methyl sites for hydroxylation is 1. The molecule has 6 nitrogen and oxygen atoms in total. The second-order valence-electron chi connectivity index (χ2n) is 7.15. The highest BCUT2D eigenvalue weighted by molar-refractivity contribution is 7.80. The molecule has 2 aromatic carbocycles. The van der Waals surface area contributed by atoms with E-state index >= 15 is 0 Å². The third-order valence-electron chi connectivity index (χ3n) is 4.71. The van der Waals surface area contributed by atoms with Crippen LogP contribution in [0, 0.1) is 12.7 Å². The van der Waals surface area contributed by atoms with E-state index in [1.807, 2.05) is 29.8 Å². The third kappa shape index (κ3) is 5.45. The fourth-order valence-electron chi connectivity index (χ4n) is 3.12. The molecule has 0 saturated carbocycles. The van der Waals surface area contributed by atoms with E-state index in [0.717, 1.165) is 11.3 Å². The second kappa shape index (κ2) is 9.68. The van der Waals surface area contributed by atoms with Crippen LogP contribution >= 0.6 is 35.4 Å². The number of thiocarbonyl (C=S) groups is 1. The number of anilines is 2. The van der Waals surface area contributed by atoms with Crippen LogP contribution in [0.25, 0.3) is 0 Å². The van der Waals surface area contributed by atoms with Gasteiger partial charge in [-0.3, -0.25) is 9.36 Å². The fourth-order valence-corrected chi connectivity index (χ4v) is 3.65. The summed E-state index contributed by atoms with van der Waals surface area (Å²) in [6.07, 6.45) is 1.76. The van der Waals surface area contributed by atoms with Gasteiger partial charge in [0.15, 0.2) is 16.7 Å². The number of rotatable bonds is 6. The number of benzene rings is 2. The largest absolute Gasteiger partial charge is 0.316 e. The maximum atomic E-state index is 13.8. The van der Waals surface area contributed by atoms with Gasteiger partial charge in [-0.25, -0.2) is 4.39 Å². The van der Waals surface area contributed by atoms with Crippen LogP contribution in [0.5, 0.6) is 0 Å². The molecule has 32 heavy (non-hydrogen) atoms. The molecule has 0 aliphatic carbocycles. The predicted octanol–water partition coefficient (Wildman–Crippen LogP) is 5.74. The Morgan fingerprint density at radius 2 is 1.75 bits per heavy atom. The molecule has 10 heteroatoms. The van der Waals surface area contributed by atoms with Crippen molar-refractivity contribution in [3.05, 3.63) is 93.5 Å². The normalized spacial score (nSPS) is 10.9. The lowest BCUT2D eigenvalue weighted by molar-refractivity contribution is 0.586. The summed E-state index contributed by atoms with van der Waals surface area (Å²) in [5.74, 6) is 0.887. The van der Waals surface area contributed by atoms with Gasteiger partial charge in [0.25, 0.3) is 0 Å². The Morgan fingerprint density at radius 3 is 2.53 bits per heavy atom.